The SMILES string of the molecule is CCCc1cc(CNC)cc(N2CCCS(=O)(=O)CC2)n1. The third kappa shape index (κ3) is 4.68. The van der Waals surface area contributed by atoms with Gasteiger partial charge in [-0.3, -0.25) is 0 Å². The third-order valence-corrected chi connectivity index (χ3v) is 5.41. The lowest BCUT2D eigenvalue weighted by atomic mass is 10.1. The van der Waals surface area contributed by atoms with Gasteiger partial charge in [-0.15, -0.1) is 0 Å². The molecule has 5 nitrogen and oxygen atoms in total. The summed E-state index contributed by atoms with van der Waals surface area (Å²) in [6.07, 6.45) is 2.70. The molecule has 6 heteroatoms. The van der Waals surface area contributed by atoms with Crippen molar-refractivity contribution < 1.29 is 8.42 Å². The standard InChI is InChI=1S/C15H25N3O2S/c1-3-5-14-10-13(12-16-2)11-15(17-14)18-6-4-8-21(19,20)9-7-18/h10-11,16H,3-9,12H2,1-2H3. The van der Waals surface area contributed by atoms with Crippen molar-refractivity contribution in [3.63, 3.8) is 0 Å². The van der Waals surface area contributed by atoms with Crippen LogP contribution in [-0.4, -0.2) is 45.0 Å². The predicted molar refractivity (Wildman–Crippen MR) is 86.5 cm³/mol. The van der Waals surface area contributed by atoms with Gasteiger partial charge in [-0.1, -0.05) is 13.3 Å². The minimum absolute atomic E-state index is 0.230. The van der Waals surface area contributed by atoms with Crippen molar-refractivity contribution in [2.24, 2.45) is 0 Å². The van der Waals surface area contributed by atoms with Gasteiger partial charge in [-0.25, -0.2) is 13.4 Å². The van der Waals surface area contributed by atoms with Crippen LogP contribution in [0.5, 0.6) is 0 Å². The molecule has 1 N–H and O–H groups in total. The average molecular weight is 311 g/mol. The van der Waals surface area contributed by atoms with Crippen LogP contribution in [0.25, 0.3) is 0 Å². The van der Waals surface area contributed by atoms with Crippen LogP contribution in [-0.2, 0) is 22.8 Å². The molecular weight excluding hydrogens is 286 g/mol. The van der Waals surface area contributed by atoms with E-state index in [2.05, 4.69) is 29.3 Å². The van der Waals surface area contributed by atoms with Crippen molar-refractivity contribution in [3.8, 4) is 0 Å². The van der Waals surface area contributed by atoms with Gasteiger partial charge in [0.1, 0.15) is 5.82 Å². The Hall–Kier alpha value is -1.14. The van der Waals surface area contributed by atoms with E-state index in [0.29, 0.717) is 18.7 Å². The summed E-state index contributed by atoms with van der Waals surface area (Å²) in [6.45, 7) is 4.26. The van der Waals surface area contributed by atoms with Gasteiger partial charge < -0.3 is 10.2 Å². The van der Waals surface area contributed by atoms with E-state index in [1.807, 2.05) is 7.05 Å². The highest BCUT2D eigenvalue weighted by atomic mass is 32.2. The summed E-state index contributed by atoms with van der Waals surface area (Å²) in [7, 11) is -0.954. The van der Waals surface area contributed by atoms with Gasteiger partial charge in [0.05, 0.1) is 11.5 Å². The average Bonchev–Trinajstić information content (AvgIpc) is 2.60. The van der Waals surface area contributed by atoms with E-state index in [1.165, 1.54) is 5.56 Å². The highest BCUT2D eigenvalue weighted by molar-refractivity contribution is 7.91. The maximum absolute atomic E-state index is 11.7. The molecule has 1 aromatic rings. The molecule has 118 valence electrons. The minimum atomic E-state index is -2.88. The van der Waals surface area contributed by atoms with Crippen molar-refractivity contribution in [3.05, 3.63) is 23.4 Å². The Bertz CT molecular complexity index is 548. The fraction of sp³-hybridized carbons (Fsp3) is 0.667. The summed E-state index contributed by atoms with van der Waals surface area (Å²) in [5.41, 5.74) is 2.30. The molecule has 1 aliphatic heterocycles. The number of nitrogens with one attached hydrogen (secondary N) is 1. The van der Waals surface area contributed by atoms with Crippen molar-refractivity contribution in [2.45, 2.75) is 32.7 Å². The Morgan fingerprint density at radius 3 is 2.81 bits per heavy atom. The normalized spacial score (nSPS) is 18.5. The van der Waals surface area contributed by atoms with Gasteiger partial charge in [-0.05, 0) is 37.6 Å². The maximum atomic E-state index is 11.7. The van der Waals surface area contributed by atoms with Gasteiger partial charge in [0, 0.05) is 25.3 Å². The Kier molecular flexibility index (Phi) is 5.58. The molecule has 1 saturated heterocycles. The lowest BCUT2D eigenvalue weighted by molar-refractivity contribution is 0.597. The van der Waals surface area contributed by atoms with Gasteiger partial charge >= 0.3 is 0 Å². The van der Waals surface area contributed by atoms with Crippen molar-refractivity contribution in [1.29, 1.82) is 0 Å². The Morgan fingerprint density at radius 2 is 2.10 bits per heavy atom. The molecule has 0 spiro atoms. The Morgan fingerprint density at radius 1 is 1.29 bits per heavy atom. The summed E-state index contributed by atoms with van der Waals surface area (Å²) in [6, 6.07) is 4.21. The molecule has 2 rings (SSSR count). The van der Waals surface area contributed by atoms with Crippen LogP contribution in [0.1, 0.15) is 31.0 Å². The van der Waals surface area contributed by atoms with Crippen LogP contribution in [0.3, 0.4) is 0 Å². The zero-order chi connectivity index (χ0) is 15.3. The smallest absolute Gasteiger partial charge is 0.152 e. The highest BCUT2D eigenvalue weighted by Crippen LogP contribution is 2.19. The summed E-state index contributed by atoms with van der Waals surface area (Å²) < 4.78 is 23.5. The van der Waals surface area contributed by atoms with Crippen LogP contribution in [0.15, 0.2) is 12.1 Å². The van der Waals surface area contributed by atoms with Crippen LogP contribution < -0.4 is 10.2 Å². The minimum Gasteiger partial charge on any atom is -0.356 e. The number of rotatable bonds is 5. The molecule has 0 atom stereocenters. The number of sulfone groups is 1. The number of aromatic nitrogens is 1. The lowest BCUT2D eigenvalue weighted by Crippen LogP contribution is -2.28. The fourth-order valence-electron chi connectivity index (χ4n) is 2.65. The number of pyridine rings is 1. The Labute approximate surface area is 127 Å². The number of anilines is 1. The molecule has 0 saturated carbocycles. The van der Waals surface area contributed by atoms with Crippen LogP contribution >= 0.6 is 0 Å². The van der Waals surface area contributed by atoms with Crippen LogP contribution in [0.4, 0.5) is 5.82 Å². The van der Waals surface area contributed by atoms with Gasteiger partial charge in [0.2, 0.25) is 0 Å². The molecule has 0 bridgehead atoms. The van der Waals surface area contributed by atoms with Crippen LogP contribution in [0, 0.1) is 0 Å². The second-order valence-electron chi connectivity index (χ2n) is 5.60. The Balaban J connectivity index is 2.24. The summed E-state index contributed by atoms with van der Waals surface area (Å²) >= 11 is 0. The molecule has 21 heavy (non-hydrogen) atoms. The molecule has 0 amide bonds. The van der Waals surface area contributed by atoms with Crippen molar-refractivity contribution in [1.82, 2.24) is 10.3 Å². The van der Waals surface area contributed by atoms with E-state index in [9.17, 15) is 8.42 Å². The molecular formula is C15H25N3O2S. The largest absolute Gasteiger partial charge is 0.356 e. The number of aryl methyl sites for hydroxylation is 1. The number of hydrogen-bond acceptors (Lipinski definition) is 5. The highest BCUT2D eigenvalue weighted by Gasteiger charge is 2.20. The molecule has 2 heterocycles. The van der Waals surface area contributed by atoms with E-state index in [0.717, 1.165) is 37.4 Å². The molecule has 1 aliphatic rings. The van der Waals surface area contributed by atoms with E-state index < -0.39 is 9.84 Å². The topological polar surface area (TPSA) is 62.3 Å². The molecule has 0 unspecified atom stereocenters. The third-order valence-electron chi connectivity index (χ3n) is 3.69. The monoisotopic (exact) mass is 311 g/mol. The second kappa shape index (κ2) is 7.22. The lowest BCUT2D eigenvalue weighted by Gasteiger charge is -2.22. The van der Waals surface area contributed by atoms with E-state index in [1.54, 1.807) is 0 Å². The fourth-order valence-corrected chi connectivity index (χ4v) is 3.92. The first-order valence-corrected chi connectivity index (χ1v) is 9.46. The molecule has 0 aromatic carbocycles. The molecule has 0 aliphatic carbocycles. The summed E-state index contributed by atoms with van der Waals surface area (Å²) in [5.74, 6) is 1.44. The first-order valence-electron chi connectivity index (χ1n) is 7.64. The molecule has 1 aromatic heterocycles. The summed E-state index contributed by atoms with van der Waals surface area (Å²) in [4.78, 5) is 6.84. The summed E-state index contributed by atoms with van der Waals surface area (Å²) in [5, 5.41) is 3.17. The van der Waals surface area contributed by atoms with Crippen molar-refractivity contribution >= 4 is 15.7 Å². The van der Waals surface area contributed by atoms with Crippen LogP contribution in [0.2, 0.25) is 0 Å². The quantitative estimate of drug-likeness (QED) is 0.890. The van der Waals surface area contributed by atoms with Gasteiger partial charge in [0.15, 0.2) is 9.84 Å². The number of nitrogens with zero attached hydrogens (tertiary/aromatic N) is 2. The first-order chi connectivity index (χ1) is 10.0. The number of hydrogen-bond donors (Lipinski definition) is 1. The molecule has 0 radical (unpaired) electrons. The second-order valence-corrected chi connectivity index (χ2v) is 7.90. The predicted octanol–water partition coefficient (Wildman–Crippen LogP) is 1.38. The molecule has 1 fully saturated rings. The van der Waals surface area contributed by atoms with E-state index in [4.69, 9.17) is 4.98 Å². The first kappa shape index (κ1) is 16.2. The van der Waals surface area contributed by atoms with E-state index >= 15 is 0 Å². The zero-order valence-electron chi connectivity index (χ0n) is 12.9. The van der Waals surface area contributed by atoms with Gasteiger partial charge in [0.25, 0.3) is 0 Å². The zero-order valence-corrected chi connectivity index (χ0v) is 13.7. The van der Waals surface area contributed by atoms with Gasteiger partial charge in [-0.2, -0.15) is 0 Å². The maximum Gasteiger partial charge on any atom is 0.152 e. The van der Waals surface area contributed by atoms with Crippen molar-refractivity contribution in [2.75, 3.05) is 36.5 Å². The van der Waals surface area contributed by atoms with E-state index in [-0.39, 0.29) is 5.75 Å².